The molecule has 0 saturated carbocycles. The van der Waals surface area contributed by atoms with E-state index < -0.39 is 0 Å². The third kappa shape index (κ3) is 2.86. The molecular formula is C15H15Cl. The highest BCUT2D eigenvalue weighted by atomic mass is 35.5. The monoisotopic (exact) mass is 230 g/mol. The maximum absolute atomic E-state index is 5.87. The first-order valence-electron chi connectivity index (χ1n) is 5.45. The van der Waals surface area contributed by atoms with Crippen LogP contribution in [-0.2, 0) is 6.42 Å². The van der Waals surface area contributed by atoms with E-state index in [1.54, 1.807) is 0 Å². The van der Waals surface area contributed by atoms with Crippen LogP contribution in [0.3, 0.4) is 0 Å². The second-order valence-corrected chi connectivity index (χ2v) is 4.74. The van der Waals surface area contributed by atoms with Crippen molar-refractivity contribution in [2.75, 3.05) is 0 Å². The number of hydrogen-bond acceptors (Lipinski definition) is 0. The fourth-order valence-electron chi connectivity index (χ4n) is 2.01. The van der Waals surface area contributed by atoms with Crippen molar-refractivity contribution in [3.8, 4) is 0 Å². The van der Waals surface area contributed by atoms with Gasteiger partial charge in [-0.2, -0.15) is 0 Å². The van der Waals surface area contributed by atoms with Crippen LogP contribution in [0.1, 0.15) is 22.3 Å². The Morgan fingerprint density at radius 2 is 1.38 bits per heavy atom. The van der Waals surface area contributed by atoms with Gasteiger partial charge in [0.1, 0.15) is 0 Å². The van der Waals surface area contributed by atoms with E-state index in [2.05, 4.69) is 44.2 Å². The van der Waals surface area contributed by atoms with Gasteiger partial charge in [0.25, 0.3) is 0 Å². The van der Waals surface area contributed by atoms with E-state index in [1.165, 1.54) is 22.3 Å². The van der Waals surface area contributed by atoms with E-state index in [1.807, 2.05) is 12.1 Å². The highest BCUT2D eigenvalue weighted by Crippen LogP contribution is 2.16. The number of aryl methyl sites for hydroxylation is 2. The molecule has 0 aromatic heterocycles. The van der Waals surface area contributed by atoms with Crippen molar-refractivity contribution in [3.63, 3.8) is 0 Å². The van der Waals surface area contributed by atoms with Crippen LogP contribution >= 0.6 is 11.6 Å². The lowest BCUT2D eigenvalue weighted by molar-refractivity contribution is 1.17. The zero-order valence-corrected chi connectivity index (χ0v) is 10.4. The summed E-state index contributed by atoms with van der Waals surface area (Å²) in [6.07, 6.45) is 0.972. The maximum Gasteiger partial charge on any atom is 0.0406 e. The van der Waals surface area contributed by atoms with Gasteiger partial charge in [0, 0.05) is 5.02 Å². The van der Waals surface area contributed by atoms with Crippen LogP contribution < -0.4 is 0 Å². The molecule has 0 N–H and O–H groups in total. The van der Waals surface area contributed by atoms with Crippen LogP contribution in [0.25, 0.3) is 0 Å². The first kappa shape index (κ1) is 11.2. The summed E-state index contributed by atoms with van der Waals surface area (Å²) in [5.74, 6) is 0. The number of hydrogen-bond donors (Lipinski definition) is 0. The van der Waals surface area contributed by atoms with Crippen molar-refractivity contribution in [2.24, 2.45) is 0 Å². The minimum Gasteiger partial charge on any atom is -0.0843 e. The Bertz CT molecular complexity index is 463. The Labute approximate surface area is 102 Å². The van der Waals surface area contributed by atoms with Crippen LogP contribution in [-0.4, -0.2) is 0 Å². The zero-order valence-electron chi connectivity index (χ0n) is 9.63. The first-order chi connectivity index (χ1) is 7.63. The summed E-state index contributed by atoms with van der Waals surface area (Å²) in [6, 6.07) is 14.7. The van der Waals surface area contributed by atoms with Gasteiger partial charge in [-0.1, -0.05) is 53.1 Å². The largest absolute Gasteiger partial charge is 0.0843 e. The van der Waals surface area contributed by atoms with E-state index >= 15 is 0 Å². The third-order valence-electron chi connectivity index (χ3n) is 2.60. The minimum absolute atomic E-state index is 0.796. The summed E-state index contributed by atoms with van der Waals surface area (Å²) in [5, 5.41) is 0.796. The fourth-order valence-corrected chi connectivity index (χ4v) is 2.13. The molecule has 0 fully saturated rings. The topological polar surface area (TPSA) is 0 Å². The second-order valence-electron chi connectivity index (χ2n) is 4.30. The molecule has 0 spiro atoms. The average Bonchev–Trinajstić information content (AvgIpc) is 2.20. The first-order valence-corrected chi connectivity index (χ1v) is 5.83. The smallest absolute Gasteiger partial charge is 0.0406 e. The predicted molar refractivity (Wildman–Crippen MR) is 70.2 cm³/mol. The maximum atomic E-state index is 5.87. The van der Waals surface area contributed by atoms with E-state index in [0.717, 1.165) is 11.4 Å². The van der Waals surface area contributed by atoms with E-state index in [9.17, 15) is 0 Å². The van der Waals surface area contributed by atoms with Gasteiger partial charge in [-0.05, 0) is 43.5 Å². The number of halogens is 1. The average molecular weight is 231 g/mol. The Kier molecular flexibility index (Phi) is 3.31. The van der Waals surface area contributed by atoms with Gasteiger partial charge in [-0.3, -0.25) is 0 Å². The molecule has 0 saturated heterocycles. The molecular weight excluding hydrogens is 216 g/mol. The molecule has 2 rings (SSSR count). The van der Waals surface area contributed by atoms with Crippen molar-refractivity contribution in [1.29, 1.82) is 0 Å². The van der Waals surface area contributed by atoms with Gasteiger partial charge >= 0.3 is 0 Å². The molecule has 0 aliphatic heterocycles. The summed E-state index contributed by atoms with van der Waals surface area (Å²) in [6.45, 7) is 4.27. The molecule has 0 aliphatic carbocycles. The predicted octanol–water partition coefficient (Wildman–Crippen LogP) is 4.55. The molecule has 0 radical (unpaired) electrons. The van der Waals surface area contributed by atoms with Crippen LogP contribution in [0.4, 0.5) is 0 Å². The molecule has 0 aliphatic rings. The number of benzene rings is 2. The van der Waals surface area contributed by atoms with Gasteiger partial charge in [0.05, 0.1) is 0 Å². The van der Waals surface area contributed by atoms with Gasteiger partial charge in [-0.15, -0.1) is 0 Å². The lowest BCUT2D eigenvalue weighted by Gasteiger charge is -2.05. The Hall–Kier alpha value is -1.27. The van der Waals surface area contributed by atoms with Crippen LogP contribution in [0.2, 0.25) is 5.02 Å². The quantitative estimate of drug-likeness (QED) is 0.710. The van der Waals surface area contributed by atoms with E-state index in [-0.39, 0.29) is 0 Å². The number of rotatable bonds is 2. The third-order valence-corrected chi connectivity index (χ3v) is 2.85. The molecule has 16 heavy (non-hydrogen) atoms. The second kappa shape index (κ2) is 4.71. The van der Waals surface area contributed by atoms with Gasteiger partial charge in [0.2, 0.25) is 0 Å². The molecule has 2 aromatic carbocycles. The van der Waals surface area contributed by atoms with E-state index in [4.69, 9.17) is 11.6 Å². The summed E-state index contributed by atoms with van der Waals surface area (Å²) in [5.41, 5.74) is 5.31. The summed E-state index contributed by atoms with van der Waals surface area (Å²) in [4.78, 5) is 0. The lowest BCUT2D eigenvalue weighted by Crippen LogP contribution is -1.90. The highest BCUT2D eigenvalue weighted by Gasteiger charge is 1.98. The Morgan fingerprint density at radius 3 is 1.94 bits per heavy atom. The Balaban J connectivity index is 2.23. The summed E-state index contributed by atoms with van der Waals surface area (Å²) in [7, 11) is 0. The molecule has 0 amide bonds. The van der Waals surface area contributed by atoms with Crippen molar-refractivity contribution >= 4 is 11.6 Å². The van der Waals surface area contributed by atoms with Crippen molar-refractivity contribution in [3.05, 3.63) is 69.7 Å². The molecule has 82 valence electrons. The summed E-state index contributed by atoms with van der Waals surface area (Å²) < 4.78 is 0. The van der Waals surface area contributed by atoms with Gasteiger partial charge < -0.3 is 0 Å². The lowest BCUT2D eigenvalue weighted by atomic mass is 10.0. The van der Waals surface area contributed by atoms with E-state index in [0.29, 0.717) is 0 Å². The molecule has 2 aromatic rings. The van der Waals surface area contributed by atoms with Crippen molar-refractivity contribution in [1.82, 2.24) is 0 Å². The summed E-state index contributed by atoms with van der Waals surface area (Å²) >= 11 is 5.87. The molecule has 0 heterocycles. The minimum atomic E-state index is 0.796. The van der Waals surface area contributed by atoms with Gasteiger partial charge in [-0.25, -0.2) is 0 Å². The Morgan fingerprint density at radius 1 is 0.812 bits per heavy atom. The van der Waals surface area contributed by atoms with Gasteiger partial charge in [0.15, 0.2) is 0 Å². The fraction of sp³-hybridized carbons (Fsp3) is 0.200. The van der Waals surface area contributed by atoms with Crippen LogP contribution in [0.15, 0.2) is 42.5 Å². The SMILES string of the molecule is Cc1cc(C)cc(Cc2ccc(Cl)cc2)c1. The van der Waals surface area contributed by atoms with Crippen LogP contribution in [0.5, 0.6) is 0 Å². The molecule has 0 nitrogen and oxygen atoms in total. The zero-order chi connectivity index (χ0) is 11.5. The molecule has 0 bridgehead atoms. The highest BCUT2D eigenvalue weighted by molar-refractivity contribution is 6.30. The van der Waals surface area contributed by atoms with Crippen molar-refractivity contribution < 1.29 is 0 Å². The molecule has 0 atom stereocenters. The normalized spacial score (nSPS) is 10.4. The standard InChI is InChI=1S/C15H15Cl/c1-11-7-12(2)9-14(8-11)10-13-3-5-15(16)6-4-13/h3-9H,10H2,1-2H3. The van der Waals surface area contributed by atoms with Crippen molar-refractivity contribution in [2.45, 2.75) is 20.3 Å². The molecule has 1 heteroatoms. The van der Waals surface area contributed by atoms with Crippen LogP contribution in [0, 0.1) is 13.8 Å². The molecule has 0 unspecified atom stereocenters.